The van der Waals surface area contributed by atoms with Gasteiger partial charge in [0.15, 0.2) is 0 Å². The van der Waals surface area contributed by atoms with E-state index in [-0.39, 0.29) is 48.3 Å². The van der Waals surface area contributed by atoms with Gasteiger partial charge in [0, 0.05) is 0 Å². The van der Waals surface area contributed by atoms with Crippen LogP contribution in [-0.4, -0.2) is 19.2 Å². The van der Waals surface area contributed by atoms with Crippen LogP contribution in [0, 0.1) is 0 Å². The maximum absolute atomic E-state index is 11.7. The molecule has 0 bridgehead atoms. The Hall–Kier alpha value is -0.970. The number of carbonyl (C=O) groups is 1. The van der Waals surface area contributed by atoms with Crippen molar-refractivity contribution in [1.82, 2.24) is 0 Å². The smallest absolute Gasteiger partial charge is 0.613 e. The predicted molar refractivity (Wildman–Crippen MR) is 61.6 cm³/mol. The molecule has 1 aromatic carbocycles. The molecule has 0 aromatic heterocycles. The summed E-state index contributed by atoms with van der Waals surface area (Å²) in [6, 6.07) is 8.63. The zero-order chi connectivity index (χ0) is 12.7. The third-order valence-electron chi connectivity index (χ3n) is 2.02. The van der Waals surface area contributed by atoms with Crippen LogP contribution in [-0.2, 0) is 14.3 Å². The van der Waals surface area contributed by atoms with E-state index in [0.717, 1.165) is 0 Å². The van der Waals surface area contributed by atoms with Crippen molar-refractivity contribution < 1.29 is 48.9 Å². The molecular formula is C13H15NaO4. The third kappa shape index (κ3) is 4.72. The van der Waals surface area contributed by atoms with Gasteiger partial charge in [0.2, 0.25) is 0 Å². The second-order valence-electron chi connectivity index (χ2n) is 3.18. The van der Waals surface area contributed by atoms with Crippen molar-refractivity contribution in [3.05, 3.63) is 41.8 Å². The molecule has 0 aliphatic carbocycles. The molecule has 0 saturated heterocycles. The van der Waals surface area contributed by atoms with Crippen LogP contribution in [0.25, 0.3) is 5.57 Å². The Balaban J connectivity index is 0.00000289. The van der Waals surface area contributed by atoms with Crippen molar-refractivity contribution in [3.63, 3.8) is 0 Å². The van der Waals surface area contributed by atoms with Crippen molar-refractivity contribution in [2.24, 2.45) is 0 Å². The Morgan fingerprint density at radius 3 is 2.17 bits per heavy atom. The molecule has 0 N–H and O–H groups in total. The number of esters is 1. The molecule has 0 amide bonds. The molecule has 1 rings (SSSR count). The fourth-order valence-corrected chi connectivity index (χ4v) is 1.33. The van der Waals surface area contributed by atoms with E-state index in [9.17, 15) is 9.90 Å². The van der Waals surface area contributed by atoms with Crippen LogP contribution in [0.3, 0.4) is 0 Å². The fraction of sp³-hybridized carbons (Fsp3) is 0.308. The van der Waals surface area contributed by atoms with E-state index in [1.807, 2.05) is 0 Å². The minimum atomic E-state index is -0.655. The van der Waals surface area contributed by atoms with Gasteiger partial charge in [-0.1, -0.05) is 37.3 Å². The summed E-state index contributed by atoms with van der Waals surface area (Å²) in [5.41, 5.74) is 0.443. The first-order valence-corrected chi connectivity index (χ1v) is 5.47. The molecule has 0 atom stereocenters. The van der Waals surface area contributed by atoms with Gasteiger partial charge < -0.3 is 14.6 Å². The van der Waals surface area contributed by atoms with Crippen molar-refractivity contribution in [1.29, 1.82) is 0 Å². The molecule has 0 heterocycles. The van der Waals surface area contributed by atoms with E-state index in [1.165, 1.54) is 0 Å². The number of ether oxygens (including phenoxy) is 2. The Bertz CT molecular complexity index is 401. The predicted octanol–water partition coefficient (Wildman–Crippen LogP) is -1.68. The van der Waals surface area contributed by atoms with Gasteiger partial charge in [-0.25, -0.2) is 4.79 Å². The van der Waals surface area contributed by atoms with Crippen molar-refractivity contribution in [2.75, 3.05) is 13.2 Å². The summed E-state index contributed by atoms with van der Waals surface area (Å²) < 4.78 is 9.70. The molecule has 1 aromatic rings. The van der Waals surface area contributed by atoms with Crippen LogP contribution in [0.5, 0.6) is 0 Å². The van der Waals surface area contributed by atoms with Gasteiger partial charge in [0.1, 0.15) is 0 Å². The first-order chi connectivity index (χ1) is 8.20. The van der Waals surface area contributed by atoms with Gasteiger partial charge in [0.25, 0.3) is 0 Å². The summed E-state index contributed by atoms with van der Waals surface area (Å²) in [5, 5.41) is 11.7. The van der Waals surface area contributed by atoms with Crippen molar-refractivity contribution in [3.8, 4) is 0 Å². The van der Waals surface area contributed by atoms with Crippen LogP contribution in [0.15, 0.2) is 36.3 Å². The molecule has 4 nitrogen and oxygen atoms in total. The topological polar surface area (TPSA) is 58.6 Å². The number of benzene rings is 1. The van der Waals surface area contributed by atoms with Crippen LogP contribution in [0.4, 0.5) is 0 Å². The molecule has 18 heavy (non-hydrogen) atoms. The summed E-state index contributed by atoms with van der Waals surface area (Å²) in [6.07, 6.45) is 0. The van der Waals surface area contributed by atoms with Crippen LogP contribution >= 0.6 is 0 Å². The van der Waals surface area contributed by atoms with E-state index >= 15 is 0 Å². The zero-order valence-corrected chi connectivity index (χ0v) is 12.9. The van der Waals surface area contributed by atoms with Crippen LogP contribution < -0.4 is 34.7 Å². The molecule has 92 valence electrons. The van der Waals surface area contributed by atoms with E-state index in [1.54, 1.807) is 44.2 Å². The Kier molecular flexibility index (Phi) is 8.54. The first-order valence-electron chi connectivity index (χ1n) is 5.47. The van der Waals surface area contributed by atoms with Gasteiger partial charge in [-0.3, -0.25) is 0 Å². The number of hydrogen-bond acceptors (Lipinski definition) is 4. The van der Waals surface area contributed by atoms with E-state index in [0.29, 0.717) is 5.56 Å². The maximum atomic E-state index is 11.7. The van der Waals surface area contributed by atoms with Gasteiger partial charge in [0.05, 0.1) is 18.1 Å². The quantitative estimate of drug-likeness (QED) is 0.274. The van der Waals surface area contributed by atoms with Gasteiger partial charge in [-0.05, 0) is 19.1 Å². The molecule has 0 fully saturated rings. The van der Waals surface area contributed by atoms with Crippen LogP contribution in [0.1, 0.15) is 19.4 Å². The fourth-order valence-electron chi connectivity index (χ4n) is 1.33. The Morgan fingerprint density at radius 1 is 1.11 bits per heavy atom. The molecular weight excluding hydrogens is 243 g/mol. The van der Waals surface area contributed by atoms with Crippen LogP contribution in [0.2, 0.25) is 0 Å². The molecule has 0 aliphatic rings. The average Bonchev–Trinajstić information content (AvgIpc) is 2.31. The molecule has 0 unspecified atom stereocenters. The standard InChI is InChI=1S/C13H16O4.Na/c1-3-16-12(14)11(13(15)17-4-2)10-8-6-5-7-9-10;/h5-9,14H,3-4H2,1-2H3;/q;+1/p-1. The summed E-state index contributed by atoms with van der Waals surface area (Å²) in [7, 11) is 0. The third-order valence-corrected chi connectivity index (χ3v) is 2.02. The van der Waals surface area contributed by atoms with Crippen molar-refractivity contribution in [2.45, 2.75) is 13.8 Å². The SMILES string of the molecule is CCOC(=O)C(=C([O-])OCC)c1ccccc1.[Na+]. The number of rotatable bonds is 5. The summed E-state index contributed by atoms with van der Waals surface area (Å²) in [4.78, 5) is 11.7. The number of hydrogen-bond donors (Lipinski definition) is 0. The molecule has 0 spiro atoms. The zero-order valence-electron chi connectivity index (χ0n) is 10.9. The Labute approximate surface area is 129 Å². The largest absolute Gasteiger partial charge is 1.00 e. The van der Waals surface area contributed by atoms with Gasteiger partial charge in [-0.15, -0.1) is 0 Å². The average molecular weight is 258 g/mol. The second kappa shape index (κ2) is 9.03. The normalized spacial score (nSPS) is 11.0. The van der Waals surface area contributed by atoms with Gasteiger partial charge >= 0.3 is 35.5 Å². The maximum Gasteiger partial charge on any atom is 1.00 e. The van der Waals surface area contributed by atoms with E-state index < -0.39 is 11.9 Å². The van der Waals surface area contributed by atoms with E-state index in [4.69, 9.17) is 9.47 Å². The Morgan fingerprint density at radius 2 is 1.67 bits per heavy atom. The van der Waals surface area contributed by atoms with Gasteiger partial charge in [-0.2, -0.15) is 0 Å². The van der Waals surface area contributed by atoms with Crippen molar-refractivity contribution >= 4 is 11.5 Å². The molecule has 0 radical (unpaired) electrons. The van der Waals surface area contributed by atoms with E-state index in [2.05, 4.69) is 0 Å². The summed E-state index contributed by atoms with van der Waals surface area (Å²) in [5.74, 6) is -1.31. The summed E-state index contributed by atoms with van der Waals surface area (Å²) >= 11 is 0. The monoisotopic (exact) mass is 258 g/mol. The first kappa shape index (κ1) is 17.0. The second-order valence-corrected chi connectivity index (χ2v) is 3.18. The molecule has 5 heteroatoms. The minimum absolute atomic E-state index is 0. The number of carbonyl (C=O) groups excluding carboxylic acids is 1. The minimum Gasteiger partial charge on any atom is -0.613 e. The molecule has 0 aliphatic heterocycles. The summed E-state index contributed by atoms with van der Waals surface area (Å²) in [6.45, 7) is 3.81. The molecule has 0 saturated carbocycles.